The van der Waals surface area contributed by atoms with Gasteiger partial charge in [-0.3, -0.25) is 14.4 Å². The highest BCUT2D eigenvalue weighted by atomic mass is 32.2. The van der Waals surface area contributed by atoms with Crippen LogP contribution in [0.1, 0.15) is 5.56 Å². The van der Waals surface area contributed by atoms with E-state index in [0.29, 0.717) is 17.0 Å². The van der Waals surface area contributed by atoms with E-state index in [0.717, 1.165) is 4.31 Å². The topological polar surface area (TPSA) is 89.8 Å². The Kier molecular flexibility index (Phi) is 3.98. The number of anilines is 1. The molecule has 1 aliphatic rings. The Hall–Kier alpha value is -2.87. The third kappa shape index (κ3) is 2.61. The van der Waals surface area contributed by atoms with Gasteiger partial charge in [-0.25, -0.2) is 8.42 Å². The third-order valence-corrected chi connectivity index (χ3v) is 5.53. The number of para-hydroxylation sites is 1. The Morgan fingerprint density at radius 3 is 2.67 bits per heavy atom. The van der Waals surface area contributed by atoms with Gasteiger partial charge in [0.15, 0.2) is 4.90 Å². The van der Waals surface area contributed by atoms with Gasteiger partial charge in [0.25, 0.3) is 15.7 Å². The Balaban J connectivity index is 2.14. The number of benzene rings is 2. The van der Waals surface area contributed by atoms with Crippen molar-refractivity contribution >= 4 is 27.5 Å². The summed E-state index contributed by atoms with van der Waals surface area (Å²) in [4.78, 5) is 10.2. The SMILES string of the molecule is COc1ccc2c(c1)C=CCN2S(=O)(=O)c1ccccc1[N+](=O)[O-]. The molecule has 0 saturated heterocycles. The van der Waals surface area contributed by atoms with E-state index in [1.807, 2.05) is 0 Å². The van der Waals surface area contributed by atoms with E-state index in [-0.39, 0.29) is 11.4 Å². The molecule has 0 atom stereocenters. The molecule has 2 aromatic carbocycles. The number of nitro benzene ring substituents is 1. The third-order valence-electron chi connectivity index (χ3n) is 3.70. The van der Waals surface area contributed by atoms with Crippen LogP contribution in [0.2, 0.25) is 0 Å². The molecule has 0 saturated carbocycles. The first-order valence-corrected chi connectivity index (χ1v) is 8.50. The van der Waals surface area contributed by atoms with Crippen LogP contribution in [-0.2, 0) is 10.0 Å². The second-order valence-corrected chi connectivity index (χ2v) is 6.92. The van der Waals surface area contributed by atoms with Crippen molar-refractivity contribution < 1.29 is 18.1 Å². The van der Waals surface area contributed by atoms with E-state index in [1.54, 1.807) is 30.4 Å². The molecule has 2 aromatic rings. The Labute approximate surface area is 139 Å². The number of nitro groups is 1. The van der Waals surface area contributed by atoms with E-state index in [2.05, 4.69) is 0 Å². The van der Waals surface area contributed by atoms with Gasteiger partial charge < -0.3 is 4.74 Å². The van der Waals surface area contributed by atoms with E-state index in [4.69, 9.17) is 4.74 Å². The summed E-state index contributed by atoms with van der Waals surface area (Å²) < 4.78 is 32.3. The molecule has 0 radical (unpaired) electrons. The zero-order chi connectivity index (χ0) is 17.3. The molecule has 124 valence electrons. The minimum Gasteiger partial charge on any atom is -0.497 e. The summed E-state index contributed by atoms with van der Waals surface area (Å²) in [6, 6.07) is 10.3. The lowest BCUT2D eigenvalue weighted by Gasteiger charge is -2.27. The Morgan fingerprint density at radius 1 is 1.21 bits per heavy atom. The van der Waals surface area contributed by atoms with Crippen LogP contribution in [0, 0.1) is 10.1 Å². The maximum Gasteiger partial charge on any atom is 0.289 e. The normalized spacial score (nSPS) is 13.5. The number of hydrogen-bond acceptors (Lipinski definition) is 5. The standard InChI is InChI=1S/C16H14N2O5S/c1-23-13-8-9-14-12(11-13)5-4-10-17(14)24(21,22)16-7-3-2-6-15(16)18(19)20/h2-9,11H,10H2,1H3. The number of sulfonamides is 1. The molecule has 0 spiro atoms. The van der Waals surface area contributed by atoms with Crippen LogP contribution in [-0.4, -0.2) is 27.0 Å². The quantitative estimate of drug-likeness (QED) is 0.627. The van der Waals surface area contributed by atoms with Crippen molar-refractivity contribution in [3.05, 3.63) is 64.2 Å². The van der Waals surface area contributed by atoms with E-state index in [9.17, 15) is 18.5 Å². The summed E-state index contributed by atoms with van der Waals surface area (Å²) in [5.41, 5.74) is 0.682. The molecule has 0 amide bonds. The molecule has 0 aromatic heterocycles. The first kappa shape index (κ1) is 16.0. The molecule has 3 rings (SSSR count). The lowest BCUT2D eigenvalue weighted by Crippen LogP contribution is -2.33. The van der Waals surface area contributed by atoms with Crippen LogP contribution in [0.4, 0.5) is 11.4 Å². The molecule has 0 N–H and O–H groups in total. The molecular weight excluding hydrogens is 332 g/mol. The average molecular weight is 346 g/mol. The van der Waals surface area contributed by atoms with Crippen molar-refractivity contribution in [3.8, 4) is 5.75 Å². The van der Waals surface area contributed by atoms with Crippen molar-refractivity contribution in [2.45, 2.75) is 4.90 Å². The molecule has 0 fully saturated rings. The highest BCUT2D eigenvalue weighted by molar-refractivity contribution is 7.93. The van der Waals surface area contributed by atoms with Crippen LogP contribution < -0.4 is 9.04 Å². The molecule has 1 aliphatic heterocycles. The Bertz CT molecular complexity index is 937. The molecule has 24 heavy (non-hydrogen) atoms. The lowest BCUT2D eigenvalue weighted by molar-refractivity contribution is -0.387. The van der Waals surface area contributed by atoms with Gasteiger partial charge >= 0.3 is 0 Å². The summed E-state index contributed by atoms with van der Waals surface area (Å²) >= 11 is 0. The predicted molar refractivity (Wildman–Crippen MR) is 89.7 cm³/mol. The fraction of sp³-hybridized carbons (Fsp3) is 0.125. The van der Waals surface area contributed by atoms with E-state index in [1.165, 1.54) is 31.4 Å². The van der Waals surface area contributed by atoms with E-state index < -0.39 is 20.6 Å². The second kappa shape index (κ2) is 5.97. The van der Waals surface area contributed by atoms with Gasteiger partial charge in [-0.05, 0) is 24.3 Å². The molecule has 0 bridgehead atoms. The smallest absolute Gasteiger partial charge is 0.289 e. The van der Waals surface area contributed by atoms with Gasteiger partial charge in [-0.1, -0.05) is 24.3 Å². The molecule has 1 heterocycles. The van der Waals surface area contributed by atoms with Crippen LogP contribution in [0.25, 0.3) is 6.08 Å². The number of hydrogen-bond donors (Lipinski definition) is 0. The van der Waals surface area contributed by atoms with E-state index >= 15 is 0 Å². The molecule has 8 heteroatoms. The maximum atomic E-state index is 13.0. The van der Waals surface area contributed by atoms with Crippen molar-refractivity contribution in [1.82, 2.24) is 0 Å². The van der Waals surface area contributed by atoms with Crippen molar-refractivity contribution in [3.63, 3.8) is 0 Å². The summed E-state index contributed by atoms with van der Waals surface area (Å²) in [5.74, 6) is 0.600. The van der Waals surface area contributed by atoms with Gasteiger partial charge in [0, 0.05) is 11.6 Å². The van der Waals surface area contributed by atoms with Crippen molar-refractivity contribution in [1.29, 1.82) is 0 Å². The summed E-state index contributed by atoms with van der Waals surface area (Å²) in [6.07, 6.45) is 3.48. The van der Waals surface area contributed by atoms with Gasteiger partial charge in [0.1, 0.15) is 5.75 Å². The highest BCUT2D eigenvalue weighted by Crippen LogP contribution is 2.35. The Morgan fingerprint density at radius 2 is 1.96 bits per heavy atom. The minimum atomic E-state index is -4.07. The van der Waals surface area contributed by atoms with Crippen molar-refractivity contribution in [2.75, 3.05) is 18.0 Å². The zero-order valence-electron chi connectivity index (χ0n) is 12.7. The molecule has 0 aliphatic carbocycles. The summed E-state index contributed by atoms with van der Waals surface area (Å²) in [5, 5.41) is 11.2. The minimum absolute atomic E-state index is 0.105. The second-order valence-electron chi connectivity index (χ2n) is 5.09. The fourth-order valence-electron chi connectivity index (χ4n) is 2.57. The zero-order valence-corrected chi connectivity index (χ0v) is 13.6. The van der Waals surface area contributed by atoms with Gasteiger partial charge in [-0.2, -0.15) is 0 Å². The fourth-order valence-corrected chi connectivity index (χ4v) is 4.17. The number of ether oxygens (including phenoxy) is 1. The van der Waals surface area contributed by atoms with Gasteiger partial charge in [0.2, 0.25) is 0 Å². The monoisotopic (exact) mass is 346 g/mol. The number of methoxy groups -OCH3 is 1. The van der Waals surface area contributed by atoms with Gasteiger partial charge in [0.05, 0.1) is 24.3 Å². The summed E-state index contributed by atoms with van der Waals surface area (Å²) in [6.45, 7) is 0.105. The molecular formula is C16H14N2O5S. The van der Waals surface area contributed by atoms with Crippen LogP contribution in [0.5, 0.6) is 5.75 Å². The largest absolute Gasteiger partial charge is 0.497 e. The maximum absolute atomic E-state index is 13.0. The summed E-state index contributed by atoms with van der Waals surface area (Å²) in [7, 11) is -2.55. The lowest BCUT2D eigenvalue weighted by atomic mass is 10.1. The van der Waals surface area contributed by atoms with Crippen LogP contribution in [0.15, 0.2) is 53.4 Å². The van der Waals surface area contributed by atoms with Crippen molar-refractivity contribution in [2.24, 2.45) is 0 Å². The molecule has 0 unspecified atom stereocenters. The first-order valence-electron chi connectivity index (χ1n) is 7.06. The highest BCUT2D eigenvalue weighted by Gasteiger charge is 2.33. The van der Waals surface area contributed by atoms with Crippen LogP contribution in [0.3, 0.4) is 0 Å². The number of nitrogens with zero attached hydrogens (tertiary/aromatic N) is 2. The number of fused-ring (bicyclic) bond motifs is 1. The van der Waals surface area contributed by atoms with Crippen LogP contribution >= 0.6 is 0 Å². The first-order chi connectivity index (χ1) is 11.4. The average Bonchev–Trinajstić information content (AvgIpc) is 2.60. The van der Waals surface area contributed by atoms with Gasteiger partial charge in [-0.15, -0.1) is 0 Å². The molecule has 7 nitrogen and oxygen atoms in total. The predicted octanol–water partition coefficient (Wildman–Crippen LogP) is 2.83. The number of rotatable bonds is 4.